The van der Waals surface area contributed by atoms with Crippen LogP contribution < -0.4 is 0 Å². The molecule has 76 valence electrons. The number of thiazole rings is 1. The van der Waals surface area contributed by atoms with E-state index in [2.05, 4.69) is 9.98 Å². The summed E-state index contributed by atoms with van der Waals surface area (Å²) in [4.78, 5) is 9.29. The molecular formula is C11H9ClN2S. The van der Waals surface area contributed by atoms with Crippen molar-refractivity contribution in [1.82, 2.24) is 4.98 Å². The highest BCUT2D eigenvalue weighted by Crippen LogP contribution is 2.30. The minimum Gasteiger partial charge on any atom is -0.295 e. The molecule has 0 amide bonds. The lowest BCUT2D eigenvalue weighted by Gasteiger charge is -1.97. The highest BCUT2D eigenvalue weighted by Gasteiger charge is 2.06. The number of halogens is 1. The van der Waals surface area contributed by atoms with Gasteiger partial charge in [-0.25, -0.2) is 4.98 Å². The molecule has 0 saturated heterocycles. The predicted octanol–water partition coefficient (Wildman–Crippen LogP) is 3.51. The molecule has 1 heterocycles. The first-order valence-corrected chi connectivity index (χ1v) is 5.63. The summed E-state index contributed by atoms with van der Waals surface area (Å²) in [6.45, 7) is 0. The number of hydrogen-bond acceptors (Lipinski definition) is 3. The summed E-state index contributed by atoms with van der Waals surface area (Å²) in [5.74, 6) is 0. The molecule has 2 rings (SSSR count). The van der Waals surface area contributed by atoms with Gasteiger partial charge >= 0.3 is 0 Å². The maximum atomic E-state index is 6.08. The van der Waals surface area contributed by atoms with Gasteiger partial charge in [0.05, 0.1) is 9.90 Å². The van der Waals surface area contributed by atoms with Crippen LogP contribution in [0.3, 0.4) is 0 Å². The molecule has 0 radical (unpaired) electrons. The minimum atomic E-state index is 0.729. The molecule has 0 spiro atoms. The van der Waals surface area contributed by atoms with Crippen molar-refractivity contribution >= 4 is 29.2 Å². The summed E-state index contributed by atoms with van der Waals surface area (Å²) >= 11 is 7.66. The molecule has 1 aromatic carbocycles. The second-order valence-corrected chi connectivity index (χ2v) is 4.40. The van der Waals surface area contributed by atoms with Gasteiger partial charge < -0.3 is 0 Å². The Balaban J connectivity index is 2.42. The molecule has 0 unspecified atom stereocenters. The van der Waals surface area contributed by atoms with E-state index in [1.54, 1.807) is 30.8 Å². The fourth-order valence-corrected chi connectivity index (χ4v) is 2.39. The van der Waals surface area contributed by atoms with E-state index in [1.807, 2.05) is 24.3 Å². The summed E-state index contributed by atoms with van der Waals surface area (Å²) in [5, 5.41) is 1.65. The van der Waals surface area contributed by atoms with Crippen molar-refractivity contribution in [3.05, 3.63) is 40.4 Å². The van der Waals surface area contributed by atoms with Gasteiger partial charge in [-0.2, -0.15) is 0 Å². The Hall–Kier alpha value is -1.19. The molecular weight excluding hydrogens is 228 g/mol. The van der Waals surface area contributed by atoms with Crippen molar-refractivity contribution < 1.29 is 0 Å². The highest BCUT2D eigenvalue weighted by molar-refractivity contribution is 7.16. The second kappa shape index (κ2) is 4.55. The van der Waals surface area contributed by atoms with Gasteiger partial charge in [-0.05, 0) is 6.07 Å². The van der Waals surface area contributed by atoms with Crippen molar-refractivity contribution in [3.63, 3.8) is 0 Å². The second-order valence-electron chi connectivity index (χ2n) is 2.93. The first-order valence-electron chi connectivity index (χ1n) is 4.44. The lowest BCUT2D eigenvalue weighted by molar-refractivity contribution is 1.40. The Morgan fingerprint density at radius 2 is 2.20 bits per heavy atom. The van der Waals surface area contributed by atoms with Gasteiger partial charge in [0.15, 0.2) is 0 Å². The molecule has 1 aromatic heterocycles. The maximum Gasteiger partial charge on any atom is 0.125 e. The van der Waals surface area contributed by atoms with Gasteiger partial charge in [0.2, 0.25) is 0 Å². The van der Waals surface area contributed by atoms with Crippen LogP contribution in [0.4, 0.5) is 0 Å². The monoisotopic (exact) mass is 236 g/mol. The minimum absolute atomic E-state index is 0.729. The van der Waals surface area contributed by atoms with Crippen LogP contribution in [0, 0.1) is 0 Å². The third-order valence-electron chi connectivity index (χ3n) is 1.88. The molecule has 0 fully saturated rings. The number of benzene rings is 1. The number of rotatable bonds is 2. The van der Waals surface area contributed by atoms with Crippen LogP contribution in [-0.2, 0) is 0 Å². The van der Waals surface area contributed by atoms with E-state index in [-0.39, 0.29) is 0 Å². The van der Waals surface area contributed by atoms with E-state index in [1.165, 1.54) is 0 Å². The summed E-state index contributed by atoms with van der Waals surface area (Å²) in [5.41, 5.74) is 0.972. The summed E-state index contributed by atoms with van der Waals surface area (Å²) in [7, 11) is 1.74. The van der Waals surface area contributed by atoms with Gasteiger partial charge in [0, 0.05) is 25.0 Å². The van der Waals surface area contributed by atoms with Gasteiger partial charge in [-0.1, -0.05) is 29.8 Å². The van der Waals surface area contributed by atoms with E-state index in [4.69, 9.17) is 11.6 Å². The van der Waals surface area contributed by atoms with E-state index in [0.717, 1.165) is 20.5 Å². The average Bonchev–Trinajstić information content (AvgIpc) is 2.68. The van der Waals surface area contributed by atoms with E-state index < -0.39 is 0 Å². The SMILES string of the molecule is CN=Cc1cnc(-c2ccccc2Cl)s1. The van der Waals surface area contributed by atoms with Gasteiger partial charge in [-0.3, -0.25) is 4.99 Å². The molecule has 0 bridgehead atoms. The third kappa shape index (κ3) is 2.25. The van der Waals surface area contributed by atoms with Crippen LogP contribution in [0.5, 0.6) is 0 Å². The molecule has 2 aromatic rings. The third-order valence-corrected chi connectivity index (χ3v) is 3.18. The Morgan fingerprint density at radius 1 is 1.40 bits per heavy atom. The molecule has 15 heavy (non-hydrogen) atoms. The first-order chi connectivity index (χ1) is 7.31. The molecule has 0 aliphatic carbocycles. The fraction of sp³-hybridized carbons (Fsp3) is 0.0909. The van der Waals surface area contributed by atoms with Gasteiger partial charge in [0.1, 0.15) is 5.01 Å². The average molecular weight is 237 g/mol. The Kier molecular flexibility index (Phi) is 3.14. The Bertz CT molecular complexity index is 491. The smallest absolute Gasteiger partial charge is 0.125 e. The van der Waals surface area contributed by atoms with Crippen LogP contribution in [0.25, 0.3) is 10.6 Å². The van der Waals surface area contributed by atoms with Crippen molar-refractivity contribution in [2.24, 2.45) is 4.99 Å². The molecule has 0 aliphatic heterocycles. The zero-order valence-electron chi connectivity index (χ0n) is 8.14. The lowest BCUT2D eigenvalue weighted by atomic mass is 10.2. The standard InChI is InChI=1S/C11H9ClN2S/c1-13-6-8-7-14-11(15-8)9-4-2-3-5-10(9)12/h2-7H,1H3. The van der Waals surface area contributed by atoms with E-state index >= 15 is 0 Å². The quantitative estimate of drug-likeness (QED) is 0.733. The van der Waals surface area contributed by atoms with Crippen molar-refractivity contribution in [2.45, 2.75) is 0 Å². The van der Waals surface area contributed by atoms with Crippen LogP contribution >= 0.6 is 22.9 Å². The number of aliphatic imine (C=N–C) groups is 1. The lowest BCUT2D eigenvalue weighted by Crippen LogP contribution is -1.75. The molecule has 2 nitrogen and oxygen atoms in total. The largest absolute Gasteiger partial charge is 0.295 e. The van der Waals surface area contributed by atoms with Crippen molar-refractivity contribution in [3.8, 4) is 10.6 Å². The molecule has 0 aliphatic rings. The van der Waals surface area contributed by atoms with Gasteiger partial charge in [-0.15, -0.1) is 11.3 Å². The topological polar surface area (TPSA) is 25.2 Å². The van der Waals surface area contributed by atoms with Crippen molar-refractivity contribution in [2.75, 3.05) is 7.05 Å². The first kappa shape index (κ1) is 10.3. The fourth-order valence-electron chi connectivity index (χ4n) is 1.23. The molecule has 0 N–H and O–H groups in total. The highest BCUT2D eigenvalue weighted by atomic mass is 35.5. The van der Waals surface area contributed by atoms with Crippen LogP contribution in [-0.4, -0.2) is 18.2 Å². The predicted molar refractivity (Wildman–Crippen MR) is 66.1 cm³/mol. The summed E-state index contributed by atoms with van der Waals surface area (Å²) in [6.07, 6.45) is 3.59. The Labute approximate surface area is 97.3 Å². The normalized spacial score (nSPS) is 11.1. The van der Waals surface area contributed by atoms with Crippen LogP contribution in [0.15, 0.2) is 35.5 Å². The zero-order chi connectivity index (χ0) is 10.7. The number of aromatic nitrogens is 1. The molecule has 0 saturated carbocycles. The summed E-state index contributed by atoms with van der Waals surface area (Å²) in [6, 6.07) is 7.70. The Morgan fingerprint density at radius 3 is 2.93 bits per heavy atom. The van der Waals surface area contributed by atoms with E-state index in [9.17, 15) is 0 Å². The van der Waals surface area contributed by atoms with Gasteiger partial charge in [0.25, 0.3) is 0 Å². The number of nitrogens with zero attached hydrogens (tertiary/aromatic N) is 2. The zero-order valence-corrected chi connectivity index (χ0v) is 9.72. The molecule has 4 heteroatoms. The molecule has 0 atom stereocenters. The van der Waals surface area contributed by atoms with Crippen LogP contribution in [0.2, 0.25) is 5.02 Å². The van der Waals surface area contributed by atoms with E-state index in [0.29, 0.717) is 0 Å². The maximum absolute atomic E-state index is 6.08. The number of hydrogen-bond donors (Lipinski definition) is 0. The van der Waals surface area contributed by atoms with Crippen LogP contribution in [0.1, 0.15) is 4.88 Å². The van der Waals surface area contributed by atoms with Crippen molar-refractivity contribution in [1.29, 1.82) is 0 Å². The summed E-state index contributed by atoms with van der Waals surface area (Å²) < 4.78 is 0.